The highest BCUT2D eigenvalue weighted by Gasteiger charge is 2.74. The quantitative estimate of drug-likeness (QED) is 0.540. The maximum atomic E-state index is 13.1. The molecule has 3 aliphatic rings. The second-order valence-corrected chi connectivity index (χ2v) is 5.71. The van der Waals surface area contributed by atoms with E-state index >= 15 is 0 Å². The van der Waals surface area contributed by atoms with Crippen molar-refractivity contribution >= 4 is 6.98 Å². The van der Waals surface area contributed by atoms with E-state index < -0.39 is 12.3 Å². The minimum Gasteiger partial charge on any atom is -0.449 e. The van der Waals surface area contributed by atoms with Gasteiger partial charge < -0.3 is 12.9 Å². The van der Waals surface area contributed by atoms with E-state index in [0.29, 0.717) is 5.56 Å². The highest BCUT2D eigenvalue weighted by molar-refractivity contribution is 6.63. The number of rotatable bonds is 2. The van der Waals surface area contributed by atoms with Gasteiger partial charge in [-0.3, -0.25) is 0 Å². The molecule has 2 bridgehead atoms. The third-order valence-corrected chi connectivity index (χ3v) is 4.54. The number of aryl methyl sites for hydroxylation is 1. The molecule has 0 N–H and O–H groups in total. The third kappa shape index (κ3) is 1.25. The largest absolute Gasteiger partial charge is 0.484 e. The zero-order chi connectivity index (χ0) is 12.5. The molecule has 0 heterocycles. The predicted molar refractivity (Wildman–Crippen MR) is 58.4 cm³/mol. The van der Waals surface area contributed by atoms with E-state index in [0.717, 1.165) is 5.56 Å². The fourth-order valence-electron chi connectivity index (χ4n) is 3.49. The van der Waals surface area contributed by atoms with E-state index in [2.05, 4.69) is 0 Å². The number of halogens is 4. The van der Waals surface area contributed by atoms with Crippen molar-refractivity contribution in [2.45, 2.75) is 36.9 Å². The van der Waals surface area contributed by atoms with Gasteiger partial charge in [-0.05, 0) is 29.5 Å². The van der Waals surface area contributed by atoms with E-state index in [4.69, 9.17) is 0 Å². The van der Waals surface area contributed by atoms with Gasteiger partial charge in [0.15, 0.2) is 0 Å². The molecule has 0 aromatic heterocycles. The van der Waals surface area contributed by atoms with Gasteiger partial charge in [0.25, 0.3) is 0 Å². The van der Waals surface area contributed by atoms with Crippen molar-refractivity contribution < 1.29 is 17.3 Å². The summed E-state index contributed by atoms with van der Waals surface area (Å²) in [6.07, 6.45) is 0.609. The number of hydrogen-bond donors (Lipinski definition) is 0. The summed E-state index contributed by atoms with van der Waals surface area (Å²) in [6.45, 7) is -3.08. The molecular weight excluding hydrogens is 231 g/mol. The number of benzene rings is 1. The van der Waals surface area contributed by atoms with Crippen LogP contribution in [0, 0.1) is 12.7 Å². The summed E-state index contributed by atoms with van der Waals surface area (Å²) < 4.78 is 51.4. The fraction of sp³-hybridized carbons (Fsp3) is 0.500. The van der Waals surface area contributed by atoms with Crippen LogP contribution in [-0.4, -0.2) is 6.98 Å². The molecule has 1 aromatic rings. The third-order valence-electron chi connectivity index (χ3n) is 4.54. The van der Waals surface area contributed by atoms with Crippen LogP contribution in [0.3, 0.4) is 0 Å². The second kappa shape index (κ2) is 2.87. The molecule has 3 fully saturated rings. The summed E-state index contributed by atoms with van der Waals surface area (Å²) in [6, 6.07) is 4.69. The zero-order valence-corrected chi connectivity index (χ0v) is 9.44. The van der Waals surface area contributed by atoms with E-state index in [9.17, 15) is 17.3 Å². The first-order chi connectivity index (χ1) is 7.78. The molecule has 0 saturated heterocycles. The van der Waals surface area contributed by atoms with Crippen LogP contribution >= 0.6 is 0 Å². The van der Waals surface area contributed by atoms with Crippen LogP contribution < -0.4 is 0 Å². The average Bonchev–Trinajstić information content (AvgIpc) is 2.03. The topological polar surface area (TPSA) is 0 Å². The molecule has 4 rings (SSSR count). The molecule has 1 aromatic carbocycles. The van der Waals surface area contributed by atoms with Crippen LogP contribution in [0.15, 0.2) is 18.2 Å². The highest BCUT2D eigenvalue weighted by atomic mass is 19.4. The maximum Gasteiger partial charge on any atom is 0.484 e. The van der Waals surface area contributed by atoms with Gasteiger partial charge >= 0.3 is 6.98 Å². The van der Waals surface area contributed by atoms with Crippen molar-refractivity contribution in [1.29, 1.82) is 0 Å². The minimum atomic E-state index is -4.72. The van der Waals surface area contributed by atoms with Crippen LogP contribution in [-0.2, 0) is 5.41 Å². The maximum absolute atomic E-state index is 13.1. The average molecular weight is 243 g/mol. The lowest BCUT2D eigenvalue weighted by molar-refractivity contribution is -0.0401. The Morgan fingerprint density at radius 1 is 1.12 bits per heavy atom. The Morgan fingerprint density at radius 3 is 2.18 bits per heavy atom. The van der Waals surface area contributed by atoms with E-state index in [1.54, 1.807) is 19.1 Å². The molecule has 0 aliphatic heterocycles. The summed E-state index contributed by atoms with van der Waals surface area (Å²) in [5.74, 6) is -0.296. The van der Waals surface area contributed by atoms with Gasteiger partial charge in [0.05, 0.1) is 0 Å². The second-order valence-electron chi connectivity index (χ2n) is 5.71. The molecule has 3 aliphatic carbocycles. The smallest absolute Gasteiger partial charge is 0.449 e. The lowest BCUT2D eigenvalue weighted by atomic mass is 9.23. The highest BCUT2D eigenvalue weighted by Crippen LogP contribution is 2.82. The Hall–Kier alpha value is -0.995. The van der Waals surface area contributed by atoms with Gasteiger partial charge in [0.2, 0.25) is 0 Å². The molecule has 3 saturated carbocycles. The molecule has 0 nitrogen and oxygen atoms in total. The monoisotopic (exact) mass is 243 g/mol. The standard InChI is InChI=1S/C12H12BF4/c1-8-4-9(2-3-10(8)14)11-5-12(6-11,7-11)13(15,16)17/h2-4H,5-7H2,1H3/q-1. The molecule has 0 spiro atoms. The van der Waals surface area contributed by atoms with Crippen molar-refractivity contribution in [3.8, 4) is 0 Å². The minimum absolute atomic E-state index is 0.203. The normalized spacial score (nSPS) is 35.1. The van der Waals surface area contributed by atoms with Gasteiger partial charge in [-0.15, -0.1) is 0 Å². The lowest BCUT2D eigenvalue weighted by Gasteiger charge is -2.75. The summed E-state index contributed by atoms with van der Waals surface area (Å²) in [4.78, 5) is 0. The Morgan fingerprint density at radius 2 is 1.71 bits per heavy atom. The van der Waals surface area contributed by atoms with Crippen molar-refractivity contribution in [3.63, 3.8) is 0 Å². The first-order valence-electron chi connectivity index (χ1n) is 5.74. The number of hydrogen-bond acceptors (Lipinski definition) is 0. The van der Waals surface area contributed by atoms with E-state index in [1.165, 1.54) is 6.07 Å². The van der Waals surface area contributed by atoms with Crippen molar-refractivity contribution in [2.24, 2.45) is 0 Å². The van der Waals surface area contributed by atoms with Crippen LogP contribution in [0.1, 0.15) is 30.4 Å². The zero-order valence-electron chi connectivity index (χ0n) is 9.44. The summed E-state index contributed by atoms with van der Waals surface area (Å²) in [5, 5.41) is -1.37. The van der Waals surface area contributed by atoms with Gasteiger partial charge in [0.1, 0.15) is 5.82 Å². The lowest BCUT2D eigenvalue weighted by Crippen LogP contribution is -2.67. The molecule has 17 heavy (non-hydrogen) atoms. The van der Waals surface area contributed by atoms with Crippen molar-refractivity contribution in [1.82, 2.24) is 0 Å². The first-order valence-corrected chi connectivity index (χ1v) is 5.74. The van der Waals surface area contributed by atoms with Crippen LogP contribution in [0.5, 0.6) is 0 Å². The SMILES string of the molecule is Cc1cc(C23CC([B-](F)(F)F)(C2)C3)ccc1F. The van der Waals surface area contributed by atoms with Gasteiger partial charge in [-0.2, -0.15) is 0 Å². The molecule has 0 unspecified atom stereocenters. The Bertz CT molecular complexity index is 472. The Balaban J connectivity index is 1.85. The van der Waals surface area contributed by atoms with E-state index in [-0.39, 0.29) is 30.5 Å². The summed E-state index contributed by atoms with van der Waals surface area (Å²) >= 11 is 0. The molecular formula is C12H12BF4-. The van der Waals surface area contributed by atoms with Gasteiger partial charge in [0, 0.05) is 0 Å². The molecule has 0 atom stereocenters. The fourth-order valence-corrected chi connectivity index (χ4v) is 3.49. The molecule has 5 heteroatoms. The Labute approximate surface area is 97.1 Å². The summed E-state index contributed by atoms with van der Waals surface area (Å²) in [5.41, 5.74) is 1.08. The van der Waals surface area contributed by atoms with E-state index in [1.807, 2.05) is 0 Å². The predicted octanol–water partition coefficient (Wildman–Crippen LogP) is 4.16. The van der Waals surface area contributed by atoms with Gasteiger partial charge in [-0.25, -0.2) is 4.39 Å². The molecule has 0 radical (unpaired) electrons. The van der Waals surface area contributed by atoms with Gasteiger partial charge in [-0.1, -0.05) is 36.7 Å². The first kappa shape index (κ1) is 11.1. The molecule has 92 valence electrons. The van der Waals surface area contributed by atoms with Crippen LogP contribution in [0.25, 0.3) is 0 Å². The summed E-state index contributed by atoms with van der Waals surface area (Å²) in [7, 11) is 0. The Kier molecular flexibility index (Phi) is 1.88. The molecule has 0 amide bonds. The van der Waals surface area contributed by atoms with Crippen LogP contribution in [0.2, 0.25) is 5.31 Å². The van der Waals surface area contributed by atoms with Crippen LogP contribution in [0.4, 0.5) is 17.3 Å². The van der Waals surface area contributed by atoms with Crippen molar-refractivity contribution in [3.05, 3.63) is 35.1 Å². The van der Waals surface area contributed by atoms with Crippen molar-refractivity contribution in [2.75, 3.05) is 0 Å².